The molecule has 0 aromatic rings. The Bertz CT molecular complexity index is 42.2. The van der Waals surface area contributed by atoms with Gasteiger partial charge < -0.3 is 5.32 Å². The Hall–Kier alpha value is -0.110. The van der Waals surface area contributed by atoms with E-state index in [-0.39, 0.29) is 0 Å². The van der Waals surface area contributed by atoms with E-state index in [1.807, 2.05) is 0 Å². The number of rotatable bonds is 0. The van der Waals surface area contributed by atoms with Crippen LogP contribution in [0, 0.1) is 6.92 Å². The van der Waals surface area contributed by atoms with Crippen molar-refractivity contribution in [2.24, 2.45) is 0 Å². The van der Waals surface area contributed by atoms with Crippen LogP contribution in [0.3, 0.4) is 0 Å². The van der Waals surface area contributed by atoms with Gasteiger partial charge in [-0.2, -0.15) is 0 Å². The van der Waals surface area contributed by atoms with Crippen LogP contribution in [0.2, 0.25) is 0 Å². The molecule has 1 N–H and O–H groups in total. The zero-order valence-electron chi connectivity index (χ0n) is 3.12. The fraction of sp³-hybridized carbons (Fsp3) is 0.333. The van der Waals surface area contributed by atoms with E-state index in [2.05, 4.69) is 24.5 Å². The highest BCUT2D eigenvalue weighted by molar-refractivity contribution is 7.80. The molecule has 0 aromatic heterocycles. The standard InChI is InChI=1S/C3H6NS/c1-3(5)4-2/h1H2,2H3,(H,4,5). The predicted molar refractivity (Wildman–Crippen MR) is 27.0 cm³/mol. The molecule has 0 bridgehead atoms. The van der Waals surface area contributed by atoms with E-state index in [9.17, 15) is 0 Å². The van der Waals surface area contributed by atoms with Crippen LogP contribution in [-0.4, -0.2) is 12.0 Å². The highest BCUT2D eigenvalue weighted by Gasteiger charge is 1.66. The van der Waals surface area contributed by atoms with Crippen molar-refractivity contribution >= 4 is 17.2 Å². The maximum absolute atomic E-state index is 4.47. The minimum absolute atomic E-state index is 0.588. The molecule has 0 amide bonds. The Kier molecular flexibility index (Phi) is 2.10. The summed E-state index contributed by atoms with van der Waals surface area (Å²) in [6.45, 7) is 3.38. The first-order chi connectivity index (χ1) is 2.27. The van der Waals surface area contributed by atoms with E-state index in [0.717, 1.165) is 0 Å². The first-order valence-electron chi connectivity index (χ1n) is 1.31. The van der Waals surface area contributed by atoms with Crippen molar-refractivity contribution in [2.75, 3.05) is 7.05 Å². The first kappa shape index (κ1) is 4.89. The molecule has 0 aliphatic carbocycles. The van der Waals surface area contributed by atoms with Crippen molar-refractivity contribution in [1.82, 2.24) is 5.32 Å². The minimum atomic E-state index is 0.588. The van der Waals surface area contributed by atoms with E-state index >= 15 is 0 Å². The molecule has 0 spiro atoms. The molecular formula is C3H6NS. The van der Waals surface area contributed by atoms with Gasteiger partial charge >= 0.3 is 0 Å². The van der Waals surface area contributed by atoms with Gasteiger partial charge in [0, 0.05) is 14.0 Å². The van der Waals surface area contributed by atoms with Crippen LogP contribution in [-0.2, 0) is 0 Å². The second-order valence-corrected chi connectivity index (χ2v) is 1.17. The van der Waals surface area contributed by atoms with Crippen molar-refractivity contribution in [2.45, 2.75) is 0 Å². The molecule has 0 aromatic carbocycles. The summed E-state index contributed by atoms with van der Waals surface area (Å²) in [7, 11) is 1.75. The van der Waals surface area contributed by atoms with E-state index in [0.29, 0.717) is 4.99 Å². The summed E-state index contributed by atoms with van der Waals surface area (Å²) in [4.78, 5) is 0.588. The molecule has 0 unspecified atom stereocenters. The fourth-order valence-electron chi connectivity index (χ4n) is 0. The van der Waals surface area contributed by atoms with Gasteiger partial charge in [0.2, 0.25) is 0 Å². The van der Waals surface area contributed by atoms with Crippen LogP contribution in [0.15, 0.2) is 0 Å². The van der Waals surface area contributed by atoms with Crippen molar-refractivity contribution < 1.29 is 0 Å². The zero-order valence-corrected chi connectivity index (χ0v) is 3.93. The molecule has 0 atom stereocenters. The quantitative estimate of drug-likeness (QED) is 0.429. The Labute approximate surface area is 37.4 Å². The molecule has 0 aliphatic rings. The van der Waals surface area contributed by atoms with Gasteiger partial charge in [0.05, 0.1) is 4.99 Å². The van der Waals surface area contributed by atoms with Crippen molar-refractivity contribution in [3.05, 3.63) is 6.92 Å². The Morgan fingerprint density at radius 2 is 2.20 bits per heavy atom. The third-order valence-corrected chi connectivity index (χ3v) is 0.483. The molecule has 29 valence electrons. The lowest BCUT2D eigenvalue weighted by molar-refractivity contribution is 1.21. The lowest BCUT2D eigenvalue weighted by atomic mass is 10.8. The molecule has 0 fully saturated rings. The lowest BCUT2D eigenvalue weighted by Gasteiger charge is -1.84. The summed E-state index contributed by atoms with van der Waals surface area (Å²) >= 11 is 4.47. The van der Waals surface area contributed by atoms with Gasteiger partial charge in [-0.3, -0.25) is 0 Å². The Morgan fingerprint density at radius 3 is 2.20 bits per heavy atom. The van der Waals surface area contributed by atoms with E-state index in [4.69, 9.17) is 0 Å². The van der Waals surface area contributed by atoms with Crippen LogP contribution in [0.5, 0.6) is 0 Å². The Morgan fingerprint density at radius 1 is 2.00 bits per heavy atom. The maximum Gasteiger partial charge on any atom is 0.0754 e. The molecule has 0 heterocycles. The summed E-state index contributed by atoms with van der Waals surface area (Å²) in [6, 6.07) is 0. The second kappa shape index (κ2) is 2.15. The van der Waals surface area contributed by atoms with E-state index < -0.39 is 0 Å². The van der Waals surface area contributed by atoms with Crippen molar-refractivity contribution in [3.8, 4) is 0 Å². The predicted octanol–water partition coefficient (Wildman–Crippen LogP) is 0.367. The molecule has 0 rings (SSSR count). The van der Waals surface area contributed by atoms with Gasteiger partial charge in [-0.25, -0.2) is 0 Å². The van der Waals surface area contributed by atoms with Crippen molar-refractivity contribution in [3.63, 3.8) is 0 Å². The Balaban J connectivity index is 2.85. The average Bonchev–Trinajstić information content (AvgIpc) is 1.38. The summed E-state index contributed by atoms with van der Waals surface area (Å²) < 4.78 is 0. The number of nitrogens with one attached hydrogen (secondary N) is 1. The smallest absolute Gasteiger partial charge is 0.0754 e. The lowest BCUT2D eigenvalue weighted by Crippen LogP contribution is -2.09. The molecule has 1 radical (unpaired) electrons. The van der Waals surface area contributed by atoms with Gasteiger partial charge in [-0.15, -0.1) is 0 Å². The molecule has 2 heteroatoms. The topological polar surface area (TPSA) is 12.0 Å². The number of thiocarbonyl (C=S) groups is 1. The van der Waals surface area contributed by atoms with Crippen LogP contribution in [0.4, 0.5) is 0 Å². The van der Waals surface area contributed by atoms with Gasteiger partial charge in [0.25, 0.3) is 0 Å². The molecule has 0 saturated heterocycles. The zero-order chi connectivity index (χ0) is 4.28. The summed E-state index contributed by atoms with van der Waals surface area (Å²) in [5, 5.41) is 2.65. The largest absolute Gasteiger partial charge is 0.383 e. The summed E-state index contributed by atoms with van der Waals surface area (Å²) in [5.74, 6) is 0. The highest BCUT2D eigenvalue weighted by atomic mass is 32.1. The van der Waals surface area contributed by atoms with Gasteiger partial charge in [0.15, 0.2) is 0 Å². The second-order valence-electron chi connectivity index (χ2n) is 0.673. The van der Waals surface area contributed by atoms with Crippen LogP contribution in [0.25, 0.3) is 0 Å². The minimum Gasteiger partial charge on any atom is -0.383 e. The summed E-state index contributed by atoms with van der Waals surface area (Å²) in [6.07, 6.45) is 0. The third-order valence-electron chi connectivity index (χ3n) is 0.279. The SMILES string of the molecule is [CH2]C(=S)NC. The molecule has 5 heavy (non-hydrogen) atoms. The normalized spacial score (nSPS) is 6.80. The third kappa shape index (κ3) is 3.89. The molecule has 0 saturated carbocycles. The molecule has 0 aliphatic heterocycles. The molecule has 1 nitrogen and oxygen atoms in total. The molecular weight excluding hydrogens is 82.1 g/mol. The fourth-order valence-corrected chi connectivity index (χ4v) is 0. The van der Waals surface area contributed by atoms with Gasteiger partial charge in [-0.05, 0) is 0 Å². The first-order valence-corrected chi connectivity index (χ1v) is 1.72. The average molecular weight is 88.2 g/mol. The van der Waals surface area contributed by atoms with E-state index in [1.54, 1.807) is 7.05 Å². The van der Waals surface area contributed by atoms with Gasteiger partial charge in [0.1, 0.15) is 0 Å². The monoisotopic (exact) mass is 88.0 g/mol. The van der Waals surface area contributed by atoms with Gasteiger partial charge in [-0.1, -0.05) is 12.2 Å². The van der Waals surface area contributed by atoms with Crippen LogP contribution >= 0.6 is 12.2 Å². The van der Waals surface area contributed by atoms with E-state index in [1.165, 1.54) is 0 Å². The number of hydrogen-bond donors (Lipinski definition) is 1. The van der Waals surface area contributed by atoms with Crippen LogP contribution in [0.1, 0.15) is 0 Å². The van der Waals surface area contributed by atoms with Crippen LogP contribution < -0.4 is 5.32 Å². The summed E-state index contributed by atoms with van der Waals surface area (Å²) in [5.41, 5.74) is 0. The number of hydrogen-bond acceptors (Lipinski definition) is 1. The highest BCUT2D eigenvalue weighted by Crippen LogP contribution is 1.55. The van der Waals surface area contributed by atoms with Crippen molar-refractivity contribution in [1.29, 1.82) is 0 Å². The maximum atomic E-state index is 4.47.